The van der Waals surface area contributed by atoms with Crippen molar-refractivity contribution in [2.75, 3.05) is 24.9 Å². The van der Waals surface area contributed by atoms with E-state index in [9.17, 15) is 13.6 Å². The number of benzene rings is 1. The molecule has 1 aliphatic rings. The number of aromatic nitrogens is 3. The number of para-hydroxylation sites is 2. The lowest BCUT2D eigenvalue weighted by Gasteiger charge is -2.17. The van der Waals surface area contributed by atoms with Gasteiger partial charge in [0, 0.05) is 18.3 Å². The molecule has 30 heavy (non-hydrogen) atoms. The number of oxime groups is 1. The maximum absolute atomic E-state index is 13.1. The Labute approximate surface area is 172 Å². The van der Waals surface area contributed by atoms with E-state index in [1.165, 1.54) is 4.90 Å². The van der Waals surface area contributed by atoms with Gasteiger partial charge < -0.3 is 9.40 Å². The summed E-state index contributed by atoms with van der Waals surface area (Å²) in [7, 11) is 0. The van der Waals surface area contributed by atoms with Crippen LogP contribution in [0.3, 0.4) is 0 Å². The van der Waals surface area contributed by atoms with Gasteiger partial charge in [0.2, 0.25) is 0 Å². The number of anilines is 1. The lowest BCUT2D eigenvalue weighted by atomic mass is 10.2. The number of amides is 1. The van der Waals surface area contributed by atoms with Gasteiger partial charge in [-0.15, -0.1) is 0 Å². The molecule has 0 aliphatic carbocycles. The Balaban J connectivity index is 1.68. The minimum absolute atomic E-state index is 0.112. The number of imidazole rings is 1. The standard InChI is InChI=1S/C21H21F2N5O2/c22-8-3-4-11-27-17-6-2-1-5-16(17)25-19(27)14-28-18-13-24-10-7-15(18)20(21(28)29)26-30-12-9-23/h1-2,5-7,10,13H,3-4,8-9,11-12,14H2/b26-20+. The highest BCUT2D eigenvalue weighted by molar-refractivity contribution is 6.54. The molecule has 9 heteroatoms. The van der Waals surface area contributed by atoms with Gasteiger partial charge in [-0.1, -0.05) is 17.3 Å². The van der Waals surface area contributed by atoms with Gasteiger partial charge in [-0.3, -0.25) is 19.1 Å². The number of carbonyl (C=O) groups excluding carboxylic acids is 1. The Hall–Kier alpha value is -3.36. The van der Waals surface area contributed by atoms with E-state index in [-0.39, 0.29) is 31.4 Å². The summed E-state index contributed by atoms with van der Waals surface area (Å²) < 4.78 is 27.0. The first kappa shape index (κ1) is 19.9. The maximum atomic E-state index is 13.1. The molecule has 0 bridgehead atoms. The van der Waals surface area contributed by atoms with Crippen LogP contribution in [0.15, 0.2) is 47.9 Å². The van der Waals surface area contributed by atoms with Crippen molar-refractivity contribution in [1.29, 1.82) is 0 Å². The summed E-state index contributed by atoms with van der Waals surface area (Å²) in [4.78, 5) is 28.3. The molecule has 156 valence electrons. The van der Waals surface area contributed by atoms with Crippen molar-refractivity contribution in [3.05, 3.63) is 54.1 Å². The quantitative estimate of drug-likeness (QED) is 0.398. The van der Waals surface area contributed by atoms with E-state index in [0.717, 1.165) is 11.0 Å². The summed E-state index contributed by atoms with van der Waals surface area (Å²) in [6.07, 6.45) is 4.28. The summed E-state index contributed by atoms with van der Waals surface area (Å²) in [6, 6.07) is 9.36. The van der Waals surface area contributed by atoms with Crippen LogP contribution < -0.4 is 4.90 Å². The van der Waals surface area contributed by atoms with Crippen molar-refractivity contribution in [3.63, 3.8) is 0 Å². The molecular weight excluding hydrogens is 392 g/mol. The number of unbranched alkanes of at least 4 members (excludes halogenated alkanes) is 1. The van der Waals surface area contributed by atoms with Crippen LogP contribution in [0.5, 0.6) is 0 Å². The molecule has 0 saturated carbocycles. The van der Waals surface area contributed by atoms with Crippen LogP contribution in [0.1, 0.15) is 24.2 Å². The summed E-state index contributed by atoms with van der Waals surface area (Å²) in [5, 5.41) is 3.84. The van der Waals surface area contributed by atoms with E-state index >= 15 is 0 Å². The van der Waals surface area contributed by atoms with Crippen LogP contribution in [0.2, 0.25) is 0 Å². The molecule has 0 radical (unpaired) electrons. The zero-order valence-electron chi connectivity index (χ0n) is 16.3. The van der Waals surface area contributed by atoms with Crippen molar-refractivity contribution < 1.29 is 18.4 Å². The molecule has 1 aliphatic heterocycles. The smallest absolute Gasteiger partial charge is 0.281 e. The molecule has 0 fully saturated rings. The third-order valence-corrected chi connectivity index (χ3v) is 4.92. The van der Waals surface area contributed by atoms with E-state index in [0.29, 0.717) is 36.5 Å². The average molecular weight is 413 g/mol. The number of hydrogen-bond donors (Lipinski definition) is 0. The van der Waals surface area contributed by atoms with Gasteiger partial charge in [0.1, 0.15) is 19.1 Å². The van der Waals surface area contributed by atoms with E-state index in [4.69, 9.17) is 9.82 Å². The summed E-state index contributed by atoms with van der Waals surface area (Å²) in [5.41, 5.74) is 3.03. The first-order valence-electron chi connectivity index (χ1n) is 9.77. The molecule has 0 spiro atoms. The fourth-order valence-electron chi connectivity index (χ4n) is 3.55. The first-order valence-corrected chi connectivity index (χ1v) is 9.77. The summed E-state index contributed by atoms with van der Waals surface area (Å²) >= 11 is 0. The molecule has 2 aromatic heterocycles. The normalized spacial score (nSPS) is 14.7. The van der Waals surface area contributed by atoms with Crippen molar-refractivity contribution >= 4 is 28.3 Å². The second-order valence-corrected chi connectivity index (χ2v) is 6.81. The topological polar surface area (TPSA) is 72.6 Å². The van der Waals surface area contributed by atoms with Crippen LogP contribution in [-0.4, -0.2) is 46.1 Å². The molecule has 1 aromatic carbocycles. The van der Waals surface area contributed by atoms with Crippen LogP contribution >= 0.6 is 0 Å². The van der Waals surface area contributed by atoms with Gasteiger partial charge >= 0.3 is 0 Å². The number of carbonyl (C=O) groups is 1. The molecule has 0 N–H and O–H groups in total. The molecule has 0 saturated heterocycles. The monoisotopic (exact) mass is 413 g/mol. The lowest BCUT2D eigenvalue weighted by Crippen LogP contribution is -2.31. The van der Waals surface area contributed by atoms with Crippen LogP contribution in [0.25, 0.3) is 11.0 Å². The second kappa shape index (κ2) is 8.98. The molecule has 7 nitrogen and oxygen atoms in total. The molecule has 1 amide bonds. The zero-order chi connectivity index (χ0) is 20.9. The molecule has 0 atom stereocenters. The van der Waals surface area contributed by atoms with Crippen LogP contribution in [0, 0.1) is 0 Å². The average Bonchev–Trinajstić information content (AvgIpc) is 3.25. The minimum Gasteiger partial charge on any atom is -0.392 e. The lowest BCUT2D eigenvalue weighted by molar-refractivity contribution is -0.112. The molecule has 4 rings (SSSR count). The highest BCUT2D eigenvalue weighted by atomic mass is 19.1. The van der Waals surface area contributed by atoms with E-state index in [2.05, 4.69) is 10.1 Å². The van der Waals surface area contributed by atoms with Crippen LogP contribution in [0.4, 0.5) is 14.5 Å². The first-order chi connectivity index (χ1) is 14.7. The second-order valence-electron chi connectivity index (χ2n) is 6.81. The SMILES string of the molecule is O=C1/C(=N/OCCF)c2ccncc2N1Cc1nc2ccccc2n1CCCCF. The van der Waals surface area contributed by atoms with Crippen LogP contribution in [-0.2, 0) is 22.7 Å². The van der Waals surface area contributed by atoms with E-state index in [1.807, 2.05) is 28.8 Å². The fourth-order valence-corrected chi connectivity index (χ4v) is 3.55. The highest BCUT2D eigenvalue weighted by Gasteiger charge is 2.36. The Morgan fingerprint density at radius 2 is 1.97 bits per heavy atom. The van der Waals surface area contributed by atoms with Crippen molar-refractivity contribution in [1.82, 2.24) is 14.5 Å². The van der Waals surface area contributed by atoms with Gasteiger partial charge in [-0.05, 0) is 31.0 Å². The molecule has 3 aromatic rings. The fraction of sp³-hybridized carbons (Fsp3) is 0.333. The maximum Gasteiger partial charge on any atom is 0.281 e. The minimum atomic E-state index is -0.694. The van der Waals surface area contributed by atoms with E-state index in [1.54, 1.807) is 18.5 Å². The third kappa shape index (κ3) is 3.74. The van der Waals surface area contributed by atoms with E-state index < -0.39 is 6.67 Å². The number of pyridine rings is 1. The van der Waals surface area contributed by atoms with Crippen molar-refractivity contribution in [3.8, 4) is 0 Å². The Kier molecular flexibility index (Phi) is 5.97. The number of alkyl halides is 2. The summed E-state index contributed by atoms with van der Waals surface area (Å²) in [5.74, 6) is 0.323. The number of aryl methyl sites for hydroxylation is 1. The molecule has 3 heterocycles. The third-order valence-electron chi connectivity index (χ3n) is 4.92. The number of halogens is 2. The zero-order valence-corrected chi connectivity index (χ0v) is 16.3. The van der Waals surface area contributed by atoms with Crippen molar-refractivity contribution in [2.45, 2.75) is 25.9 Å². The van der Waals surface area contributed by atoms with Crippen molar-refractivity contribution in [2.24, 2.45) is 5.16 Å². The predicted octanol–water partition coefficient (Wildman–Crippen LogP) is 3.42. The predicted molar refractivity (Wildman–Crippen MR) is 109 cm³/mol. The van der Waals surface area contributed by atoms with Gasteiger partial charge in [-0.25, -0.2) is 9.37 Å². The number of rotatable bonds is 9. The number of hydrogen-bond acceptors (Lipinski definition) is 5. The van der Waals surface area contributed by atoms with Gasteiger partial charge in [0.25, 0.3) is 5.91 Å². The summed E-state index contributed by atoms with van der Waals surface area (Å²) in [6.45, 7) is -0.487. The Bertz CT molecular complexity index is 1080. The Morgan fingerprint density at radius 3 is 2.80 bits per heavy atom. The van der Waals surface area contributed by atoms with Gasteiger partial charge in [0.15, 0.2) is 5.71 Å². The Morgan fingerprint density at radius 1 is 1.10 bits per heavy atom. The highest BCUT2D eigenvalue weighted by Crippen LogP contribution is 2.30. The van der Waals surface area contributed by atoms with Gasteiger partial charge in [0.05, 0.1) is 36.1 Å². The molecule has 0 unspecified atom stereocenters. The molecular formula is C21H21F2N5O2. The number of fused-ring (bicyclic) bond motifs is 2. The number of nitrogens with zero attached hydrogens (tertiary/aromatic N) is 5. The largest absolute Gasteiger partial charge is 0.392 e. The van der Waals surface area contributed by atoms with Gasteiger partial charge in [-0.2, -0.15) is 0 Å².